The summed E-state index contributed by atoms with van der Waals surface area (Å²) in [5.41, 5.74) is 3.62. The molecule has 0 N–H and O–H groups in total. The molecular weight excluding hydrogens is 396 g/mol. The predicted octanol–water partition coefficient (Wildman–Crippen LogP) is 5.37. The van der Waals surface area contributed by atoms with Crippen LogP contribution in [-0.2, 0) is 13.1 Å². The Kier molecular flexibility index (Phi) is 6.58. The van der Waals surface area contributed by atoms with Crippen molar-refractivity contribution in [3.8, 4) is 11.5 Å². The Bertz CT molecular complexity index is 916. The van der Waals surface area contributed by atoms with Crippen molar-refractivity contribution in [1.29, 1.82) is 0 Å². The lowest BCUT2D eigenvalue weighted by atomic mass is 10.1. The van der Waals surface area contributed by atoms with E-state index >= 15 is 0 Å². The minimum absolute atomic E-state index is 0.0534. The van der Waals surface area contributed by atoms with Gasteiger partial charge in [-0.3, -0.25) is 9.80 Å². The SMILES string of the molecule is COc1cc(Cl)c(C2N(Cc3ccccc3)CCN2Cc2ccccc2)cc1OC. The van der Waals surface area contributed by atoms with E-state index in [4.69, 9.17) is 21.1 Å². The topological polar surface area (TPSA) is 24.9 Å². The number of hydrogen-bond donors (Lipinski definition) is 0. The van der Waals surface area contributed by atoms with E-state index in [0.717, 1.165) is 31.7 Å². The molecule has 1 heterocycles. The van der Waals surface area contributed by atoms with Gasteiger partial charge >= 0.3 is 0 Å². The number of methoxy groups -OCH3 is 2. The predicted molar refractivity (Wildman–Crippen MR) is 121 cm³/mol. The maximum absolute atomic E-state index is 6.76. The zero-order chi connectivity index (χ0) is 20.9. The third-order valence-corrected chi connectivity index (χ3v) is 5.93. The summed E-state index contributed by atoms with van der Waals surface area (Å²) < 4.78 is 11.0. The van der Waals surface area contributed by atoms with E-state index < -0.39 is 0 Å². The van der Waals surface area contributed by atoms with Crippen LogP contribution in [0.1, 0.15) is 22.9 Å². The van der Waals surface area contributed by atoms with Crippen molar-refractivity contribution < 1.29 is 9.47 Å². The van der Waals surface area contributed by atoms with Gasteiger partial charge in [-0.1, -0.05) is 72.3 Å². The molecule has 1 aliphatic heterocycles. The molecule has 5 heteroatoms. The van der Waals surface area contributed by atoms with E-state index in [1.807, 2.05) is 12.1 Å². The van der Waals surface area contributed by atoms with Gasteiger partial charge in [0.05, 0.1) is 25.4 Å². The van der Waals surface area contributed by atoms with Crippen LogP contribution in [0.3, 0.4) is 0 Å². The first-order valence-electron chi connectivity index (χ1n) is 10.2. The second kappa shape index (κ2) is 9.52. The molecule has 0 unspecified atom stereocenters. The lowest BCUT2D eigenvalue weighted by Crippen LogP contribution is -2.30. The van der Waals surface area contributed by atoms with Gasteiger partial charge in [-0.15, -0.1) is 0 Å². The van der Waals surface area contributed by atoms with Gasteiger partial charge in [0.2, 0.25) is 0 Å². The summed E-state index contributed by atoms with van der Waals surface area (Å²) in [6.45, 7) is 3.66. The van der Waals surface area contributed by atoms with Crippen molar-refractivity contribution in [3.05, 3.63) is 94.5 Å². The molecule has 1 fully saturated rings. The summed E-state index contributed by atoms with van der Waals surface area (Å²) in [6.07, 6.45) is 0.0534. The third kappa shape index (κ3) is 4.46. The second-order valence-corrected chi connectivity index (χ2v) is 7.92. The highest BCUT2D eigenvalue weighted by molar-refractivity contribution is 6.31. The van der Waals surface area contributed by atoms with E-state index in [9.17, 15) is 0 Å². The number of halogens is 1. The molecule has 3 aromatic rings. The van der Waals surface area contributed by atoms with E-state index in [1.165, 1.54) is 11.1 Å². The Balaban J connectivity index is 1.70. The lowest BCUT2D eigenvalue weighted by Gasteiger charge is -2.32. The average molecular weight is 423 g/mol. The van der Waals surface area contributed by atoms with Gasteiger partial charge in [0.1, 0.15) is 0 Å². The fourth-order valence-corrected chi connectivity index (χ4v) is 4.41. The van der Waals surface area contributed by atoms with Crippen LogP contribution < -0.4 is 9.47 Å². The molecule has 3 aromatic carbocycles. The first kappa shape index (κ1) is 20.7. The van der Waals surface area contributed by atoms with Crippen LogP contribution in [-0.4, -0.2) is 37.1 Å². The van der Waals surface area contributed by atoms with Crippen LogP contribution in [0.15, 0.2) is 72.8 Å². The maximum Gasteiger partial charge on any atom is 0.162 e. The molecular formula is C25H27ClN2O2. The Morgan fingerprint density at radius 2 is 1.23 bits per heavy atom. The van der Waals surface area contributed by atoms with Crippen LogP contribution in [0.4, 0.5) is 0 Å². The summed E-state index contributed by atoms with van der Waals surface area (Å²) in [5, 5.41) is 0.690. The fraction of sp³-hybridized carbons (Fsp3) is 0.280. The Morgan fingerprint density at radius 1 is 0.767 bits per heavy atom. The van der Waals surface area contributed by atoms with Gasteiger partial charge in [0, 0.05) is 37.8 Å². The minimum atomic E-state index is 0.0534. The molecule has 156 valence electrons. The molecule has 4 rings (SSSR count). The monoisotopic (exact) mass is 422 g/mol. The summed E-state index contributed by atoms with van der Waals surface area (Å²) in [7, 11) is 3.29. The average Bonchev–Trinajstić information content (AvgIpc) is 3.16. The van der Waals surface area contributed by atoms with Crippen LogP contribution in [0.5, 0.6) is 11.5 Å². The van der Waals surface area contributed by atoms with Gasteiger partial charge in [-0.2, -0.15) is 0 Å². The molecule has 0 spiro atoms. The molecule has 1 aliphatic rings. The Labute approximate surface area is 183 Å². The number of rotatable bonds is 7. The largest absolute Gasteiger partial charge is 0.493 e. The highest BCUT2D eigenvalue weighted by Crippen LogP contribution is 2.41. The minimum Gasteiger partial charge on any atom is -0.493 e. The van der Waals surface area contributed by atoms with Gasteiger partial charge in [-0.05, 0) is 17.2 Å². The van der Waals surface area contributed by atoms with Gasteiger partial charge in [0.25, 0.3) is 0 Å². The zero-order valence-electron chi connectivity index (χ0n) is 17.4. The fourth-order valence-electron chi connectivity index (χ4n) is 4.16. The molecule has 0 aliphatic carbocycles. The van der Waals surface area contributed by atoms with Crippen LogP contribution in [0, 0.1) is 0 Å². The molecule has 0 atom stereocenters. The Hall–Kier alpha value is -2.53. The van der Waals surface area contributed by atoms with Crippen LogP contribution in [0.25, 0.3) is 0 Å². The van der Waals surface area contributed by atoms with Gasteiger partial charge < -0.3 is 9.47 Å². The van der Waals surface area contributed by atoms with E-state index in [1.54, 1.807) is 14.2 Å². The van der Waals surface area contributed by atoms with Crippen molar-refractivity contribution >= 4 is 11.6 Å². The standard InChI is InChI=1S/C25H27ClN2O2/c1-29-23-15-21(22(26)16-24(23)30-2)25-27(17-19-9-5-3-6-10-19)13-14-28(25)18-20-11-7-4-8-12-20/h3-12,15-16,25H,13-14,17-18H2,1-2H3. The van der Waals surface area contributed by atoms with Gasteiger partial charge in [-0.25, -0.2) is 0 Å². The van der Waals surface area contributed by atoms with Gasteiger partial charge in [0.15, 0.2) is 11.5 Å². The number of hydrogen-bond acceptors (Lipinski definition) is 4. The maximum atomic E-state index is 6.76. The summed E-state index contributed by atoms with van der Waals surface area (Å²) >= 11 is 6.76. The summed E-state index contributed by atoms with van der Waals surface area (Å²) in [6, 6.07) is 25.0. The normalized spacial score (nSPS) is 15.4. The molecule has 0 amide bonds. The third-order valence-electron chi connectivity index (χ3n) is 5.60. The molecule has 1 saturated heterocycles. The molecule has 0 aromatic heterocycles. The van der Waals surface area contributed by atoms with Crippen molar-refractivity contribution in [2.75, 3.05) is 27.3 Å². The van der Waals surface area contributed by atoms with Crippen molar-refractivity contribution in [2.24, 2.45) is 0 Å². The zero-order valence-corrected chi connectivity index (χ0v) is 18.2. The number of benzene rings is 3. The first-order chi connectivity index (χ1) is 14.7. The lowest BCUT2D eigenvalue weighted by molar-refractivity contribution is 0.125. The summed E-state index contributed by atoms with van der Waals surface area (Å²) in [4.78, 5) is 4.96. The molecule has 0 bridgehead atoms. The Morgan fingerprint density at radius 3 is 1.70 bits per heavy atom. The smallest absolute Gasteiger partial charge is 0.162 e. The second-order valence-electron chi connectivity index (χ2n) is 7.51. The van der Waals surface area contributed by atoms with E-state index in [-0.39, 0.29) is 6.17 Å². The molecule has 0 radical (unpaired) electrons. The highest BCUT2D eigenvalue weighted by atomic mass is 35.5. The van der Waals surface area contributed by atoms with Crippen molar-refractivity contribution in [3.63, 3.8) is 0 Å². The highest BCUT2D eigenvalue weighted by Gasteiger charge is 2.35. The van der Waals surface area contributed by atoms with Crippen LogP contribution in [0.2, 0.25) is 5.02 Å². The van der Waals surface area contributed by atoms with Crippen LogP contribution >= 0.6 is 11.6 Å². The molecule has 4 nitrogen and oxygen atoms in total. The number of ether oxygens (including phenoxy) is 2. The quantitative estimate of drug-likeness (QED) is 0.510. The summed E-state index contributed by atoms with van der Waals surface area (Å²) in [5.74, 6) is 1.34. The number of nitrogens with zero attached hydrogens (tertiary/aromatic N) is 2. The molecule has 30 heavy (non-hydrogen) atoms. The van der Waals surface area contributed by atoms with Crippen molar-refractivity contribution in [2.45, 2.75) is 19.3 Å². The van der Waals surface area contributed by atoms with E-state index in [2.05, 4.69) is 70.5 Å². The van der Waals surface area contributed by atoms with E-state index in [0.29, 0.717) is 16.5 Å². The molecule has 0 saturated carbocycles. The first-order valence-corrected chi connectivity index (χ1v) is 10.5. The van der Waals surface area contributed by atoms with Crippen molar-refractivity contribution in [1.82, 2.24) is 9.80 Å².